The smallest absolute Gasteiger partial charge is 0.225 e. The van der Waals surface area contributed by atoms with Crippen LogP contribution in [0.5, 0.6) is 5.75 Å². The van der Waals surface area contributed by atoms with E-state index in [2.05, 4.69) is 9.97 Å². The number of benzene rings is 1. The molecule has 1 heterocycles. The molecule has 0 radical (unpaired) electrons. The van der Waals surface area contributed by atoms with Crippen LogP contribution in [0.2, 0.25) is 5.02 Å². The van der Waals surface area contributed by atoms with Gasteiger partial charge in [-0.3, -0.25) is 0 Å². The molecule has 0 amide bonds. The van der Waals surface area contributed by atoms with E-state index in [1.165, 1.54) is 0 Å². The summed E-state index contributed by atoms with van der Waals surface area (Å²) in [5.74, 6) is 1.49. The van der Waals surface area contributed by atoms with Gasteiger partial charge in [0.25, 0.3) is 0 Å². The van der Waals surface area contributed by atoms with Crippen molar-refractivity contribution in [1.29, 1.82) is 0 Å². The summed E-state index contributed by atoms with van der Waals surface area (Å²) >= 11 is 5.76. The molecule has 0 saturated carbocycles. The Kier molecular flexibility index (Phi) is 3.99. The Morgan fingerprint density at radius 2 is 2.00 bits per heavy atom. The van der Waals surface area contributed by atoms with Gasteiger partial charge in [-0.25, -0.2) is 9.97 Å². The van der Waals surface area contributed by atoms with Crippen LogP contribution in [-0.4, -0.2) is 24.1 Å². The first-order valence-electron chi connectivity index (χ1n) is 5.50. The van der Waals surface area contributed by atoms with Crippen LogP contribution >= 0.6 is 11.6 Å². The van der Waals surface area contributed by atoms with E-state index in [9.17, 15) is 0 Å². The van der Waals surface area contributed by atoms with Crippen LogP contribution in [0.4, 0.5) is 5.95 Å². The molecule has 0 unspecified atom stereocenters. The number of hydrogen-bond acceptors (Lipinski definition) is 4. The van der Waals surface area contributed by atoms with Gasteiger partial charge < -0.3 is 9.64 Å². The highest BCUT2D eigenvalue weighted by Gasteiger charge is 2.05. The monoisotopic (exact) mass is 263 g/mol. The average Bonchev–Trinajstić information content (AvgIpc) is 2.39. The molecule has 18 heavy (non-hydrogen) atoms. The first-order chi connectivity index (χ1) is 8.69. The molecule has 2 aromatic rings. The Hall–Kier alpha value is -1.81. The van der Waals surface area contributed by atoms with E-state index in [4.69, 9.17) is 16.3 Å². The minimum absolute atomic E-state index is 0.536. The molecule has 5 heteroatoms. The molecule has 0 N–H and O–H groups in total. The van der Waals surface area contributed by atoms with Crippen molar-refractivity contribution in [1.82, 2.24) is 9.97 Å². The van der Waals surface area contributed by atoms with Gasteiger partial charge >= 0.3 is 0 Å². The zero-order valence-electron chi connectivity index (χ0n) is 10.3. The Morgan fingerprint density at radius 1 is 1.28 bits per heavy atom. The topological polar surface area (TPSA) is 38.2 Å². The van der Waals surface area contributed by atoms with Crippen molar-refractivity contribution in [2.45, 2.75) is 6.54 Å². The summed E-state index contributed by atoms with van der Waals surface area (Å²) in [6.07, 6.45) is 3.18. The number of ether oxygens (including phenoxy) is 1. The summed E-state index contributed by atoms with van der Waals surface area (Å²) in [7, 11) is 3.59. The normalized spacial score (nSPS) is 10.2. The van der Waals surface area contributed by atoms with Crippen molar-refractivity contribution in [3.8, 4) is 5.75 Å². The summed E-state index contributed by atoms with van der Waals surface area (Å²) in [5, 5.41) is 0.536. The molecular weight excluding hydrogens is 250 g/mol. The average molecular weight is 264 g/mol. The number of rotatable bonds is 4. The Bertz CT molecular complexity index is 516. The quantitative estimate of drug-likeness (QED) is 0.850. The summed E-state index contributed by atoms with van der Waals surface area (Å²) in [5.41, 5.74) is 1.13. The van der Waals surface area contributed by atoms with Crippen molar-refractivity contribution < 1.29 is 4.74 Å². The second kappa shape index (κ2) is 5.69. The van der Waals surface area contributed by atoms with Crippen molar-refractivity contribution in [3.05, 3.63) is 47.2 Å². The summed E-state index contributed by atoms with van der Waals surface area (Å²) < 4.78 is 5.19. The Morgan fingerprint density at radius 3 is 2.67 bits per heavy atom. The van der Waals surface area contributed by atoms with Crippen molar-refractivity contribution in [2.24, 2.45) is 0 Å². The van der Waals surface area contributed by atoms with Crippen LogP contribution in [0.1, 0.15) is 5.56 Å². The molecule has 0 aliphatic rings. The van der Waals surface area contributed by atoms with Crippen LogP contribution in [-0.2, 0) is 6.54 Å². The number of nitrogens with zero attached hydrogens (tertiary/aromatic N) is 3. The van der Waals surface area contributed by atoms with Gasteiger partial charge in [0.1, 0.15) is 5.75 Å². The number of aromatic nitrogens is 2. The Labute approximate surface area is 111 Å². The number of anilines is 1. The third kappa shape index (κ3) is 3.11. The van der Waals surface area contributed by atoms with Gasteiger partial charge in [0.05, 0.1) is 24.5 Å². The fourth-order valence-corrected chi connectivity index (χ4v) is 1.72. The fourth-order valence-electron chi connectivity index (χ4n) is 1.62. The van der Waals surface area contributed by atoms with Gasteiger partial charge in [-0.1, -0.05) is 23.7 Å². The van der Waals surface area contributed by atoms with Gasteiger partial charge in [0, 0.05) is 13.6 Å². The molecule has 0 spiro atoms. The van der Waals surface area contributed by atoms with Gasteiger partial charge in [0.15, 0.2) is 0 Å². The van der Waals surface area contributed by atoms with E-state index in [-0.39, 0.29) is 0 Å². The van der Waals surface area contributed by atoms with Crippen molar-refractivity contribution in [3.63, 3.8) is 0 Å². The predicted molar refractivity (Wildman–Crippen MR) is 72.1 cm³/mol. The molecule has 0 fully saturated rings. The second-order valence-corrected chi connectivity index (χ2v) is 4.35. The van der Waals surface area contributed by atoms with Gasteiger partial charge in [0.2, 0.25) is 5.95 Å². The minimum Gasteiger partial charge on any atom is -0.497 e. The Balaban J connectivity index is 2.10. The minimum atomic E-state index is 0.536. The highest BCUT2D eigenvalue weighted by atomic mass is 35.5. The third-order valence-corrected chi connectivity index (χ3v) is 2.70. The molecular formula is C13H14ClN3O. The number of hydrogen-bond donors (Lipinski definition) is 0. The van der Waals surface area contributed by atoms with E-state index in [1.54, 1.807) is 19.5 Å². The molecule has 1 aromatic heterocycles. The zero-order chi connectivity index (χ0) is 13.0. The van der Waals surface area contributed by atoms with Crippen LogP contribution < -0.4 is 9.64 Å². The van der Waals surface area contributed by atoms with Gasteiger partial charge in [-0.05, 0) is 17.7 Å². The summed E-state index contributed by atoms with van der Waals surface area (Å²) in [6.45, 7) is 0.707. The lowest BCUT2D eigenvalue weighted by Crippen LogP contribution is -2.18. The van der Waals surface area contributed by atoms with Crippen LogP contribution in [0.25, 0.3) is 0 Å². The van der Waals surface area contributed by atoms with Crippen LogP contribution in [0.3, 0.4) is 0 Å². The second-order valence-electron chi connectivity index (χ2n) is 3.91. The maximum atomic E-state index is 5.76. The highest BCUT2D eigenvalue weighted by molar-refractivity contribution is 6.30. The summed E-state index contributed by atoms with van der Waals surface area (Å²) in [6, 6.07) is 7.91. The predicted octanol–water partition coefficient (Wildman–Crippen LogP) is 2.78. The highest BCUT2D eigenvalue weighted by Crippen LogP contribution is 2.16. The first-order valence-corrected chi connectivity index (χ1v) is 5.88. The standard InChI is InChI=1S/C13H14ClN3O/c1-17(13-15-7-11(14)8-16-13)9-10-4-3-5-12(6-10)18-2/h3-8H,9H2,1-2H3. The lowest BCUT2D eigenvalue weighted by atomic mass is 10.2. The molecule has 0 atom stereocenters. The molecule has 4 nitrogen and oxygen atoms in total. The summed E-state index contributed by atoms with van der Waals surface area (Å²) in [4.78, 5) is 10.3. The largest absolute Gasteiger partial charge is 0.497 e. The maximum Gasteiger partial charge on any atom is 0.225 e. The number of halogens is 1. The molecule has 0 aliphatic carbocycles. The van der Waals surface area contributed by atoms with Crippen molar-refractivity contribution in [2.75, 3.05) is 19.1 Å². The van der Waals surface area contributed by atoms with E-state index >= 15 is 0 Å². The molecule has 0 bridgehead atoms. The molecule has 0 saturated heterocycles. The molecule has 0 aliphatic heterocycles. The lowest BCUT2D eigenvalue weighted by molar-refractivity contribution is 0.414. The van der Waals surface area contributed by atoms with Crippen LogP contribution in [0.15, 0.2) is 36.7 Å². The molecule has 1 aromatic carbocycles. The SMILES string of the molecule is COc1cccc(CN(C)c2ncc(Cl)cn2)c1. The maximum absolute atomic E-state index is 5.76. The van der Waals surface area contributed by atoms with Gasteiger partial charge in [-0.15, -0.1) is 0 Å². The first kappa shape index (κ1) is 12.6. The number of methoxy groups -OCH3 is 1. The lowest BCUT2D eigenvalue weighted by Gasteiger charge is -2.17. The van der Waals surface area contributed by atoms with E-state index in [0.29, 0.717) is 17.5 Å². The fraction of sp³-hybridized carbons (Fsp3) is 0.231. The third-order valence-electron chi connectivity index (χ3n) is 2.50. The van der Waals surface area contributed by atoms with E-state index < -0.39 is 0 Å². The molecule has 94 valence electrons. The van der Waals surface area contributed by atoms with E-state index in [0.717, 1.165) is 11.3 Å². The zero-order valence-corrected chi connectivity index (χ0v) is 11.1. The van der Waals surface area contributed by atoms with Gasteiger partial charge in [-0.2, -0.15) is 0 Å². The van der Waals surface area contributed by atoms with Crippen LogP contribution in [0, 0.1) is 0 Å². The molecule has 2 rings (SSSR count). The van der Waals surface area contributed by atoms with Crippen molar-refractivity contribution >= 4 is 17.5 Å². The van der Waals surface area contributed by atoms with E-state index in [1.807, 2.05) is 36.2 Å².